The number of thiophene rings is 1. The molecular formula is C16H15ClN2O7S2. The number of rotatable bonds is 7. The van der Waals surface area contributed by atoms with Crippen molar-refractivity contribution in [1.82, 2.24) is 4.72 Å². The van der Waals surface area contributed by atoms with Crippen molar-refractivity contribution < 1.29 is 32.3 Å². The van der Waals surface area contributed by atoms with Gasteiger partial charge in [0.2, 0.25) is 10.0 Å². The number of carbonyl (C=O) groups is 3. The van der Waals surface area contributed by atoms with Crippen LogP contribution in [0.5, 0.6) is 0 Å². The van der Waals surface area contributed by atoms with Crippen molar-refractivity contribution in [3.8, 4) is 0 Å². The molecule has 0 aliphatic rings. The minimum atomic E-state index is -3.79. The van der Waals surface area contributed by atoms with Crippen molar-refractivity contribution in [2.45, 2.75) is 4.90 Å². The molecular weight excluding hydrogens is 432 g/mol. The Morgan fingerprint density at radius 3 is 2.54 bits per heavy atom. The number of anilines is 1. The highest BCUT2D eigenvalue weighted by Gasteiger charge is 2.20. The number of methoxy groups -OCH3 is 1. The number of nitrogens with one attached hydrogen (secondary N) is 2. The number of hydrogen-bond acceptors (Lipinski definition) is 8. The maximum absolute atomic E-state index is 12.2. The van der Waals surface area contributed by atoms with Gasteiger partial charge in [-0.15, -0.1) is 11.3 Å². The topological polar surface area (TPSA) is 128 Å². The minimum Gasteiger partial charge on any atom is -0.465 e. The number of amides is 1. The second-order valence-corrected chi connectivity index (χ2v) is 8.34. The Bertz CT molecular complexity index is 1020. The Morgan fingerprint density at radius 1 is 1.18 bits per heavy atom. The summed E-state index contributed by atoms with van der Waals surface area (Å²) in [5.74, 6) is -2.30. The minimum absolute atomic E-state index is 0.0359. The van der Waals surface area contributed by atoms with E-state index in [1.165, 1.54) is 32.4 Å². The summed E-state index contributed by atoms with van der Waals surface area (Å²) in [5, 5.41) is 3.98. The molecule has 0 aliphatic carbocycles. The quantitative estimate of drug-likeness (QED) is 0.621. The molecule has 0 saturated heterocycles. The second kappa shape index (κ2) is 9.15. The molecule has 0 fully saturated rings. The maximum atomic E-state index is 12.2. The molecule has 1 heterocycles. The van der Waals surface area contributed by atoms with Crippen LogP contribution in [-0.2, 0) is 24.3 Å². The van der Waals surface area contributed by atoms with Crippen molar-refractivity contribution in [3.05, 3.63) is 45.1 Å². The Kier molecular flexibility index (Phi) is 7.13. The molecule has 2 rings (SSSR count). The standard InChI is InChI=1S/C16H15ClN2O7S2/c1-18-28(23,24)9-3-4-11(17)10(7-9)15(21)26-8-13(20)19-12-5-6-27-14(12)16(22)25-2/h3-7,18H,8H2,1-2H3,(H,19,20). The van der Waals surface area contributed by atoms with Crippen molar-refractivity contribution in [2.75, 3.05) is 26.1 Å². The maximum Gasteiger partial charge on any atom is 0.350 e. The Hall–Kier alpha value is -2.47. The average Bonchev–Trinajstić information content (AvgIpc) is 3.13. The van der Waals surface area contributed by atoms with E-state index >= 15 is 0 Å². The molecule has 28 heavy (non-hydrogen) atoms. The first-order valence-corrected chi connectivity index (χ1v) is 10.3. The van der Waals surface area contributed by atoms with Gasteiger partial charge in [0, 0.05) is 0 Å². The van der Waals surface area contributed by atoms with Crippen LogP contribution in [0.15, 0.2) is 34.5 Å². The van der Waals surface area contributed by atoms with Gasteiger partial charge < -0.3 is 14.8 Å². The third-order valence-electron chi connectivity index (χ3n) is 3.38. The van der Waals surface area contributed by atoms with E-state index in [1.807, 2.05) is 0 Å². The van der Waals surface area contributed by atoms with E-state index in [-0.39, 0.29) is 26.0 Å². The van der Waals surface area contributed by atoms with Gasteiger partial charge in [0.15, 0.2) is 6.61 Å². The molecule has 0 saturated carbocycles. The largest absolute Gasteiger partial charge is 0.465 e. The molecule has 1 amide bonds. The van der Waals surface area contributed by atoms with Gasteiger partial charge in [-0.05, 0) is 36.7 Å². The molecule has 0 aliphatic heterocycles. The zero-order valence-electron chi connectivity index (χ0n) is 14.6. The molecule has 1 aromatic heterocycles. The first-order chi connectivity index (χ1) is 13.2. The van der Waals surface area contributed by atoms with Crippen LogP contribution in [0.4, 0.5) is 5.69 Å². The van der Waals surface area contributed by atoms with Crippen molar-refractivity contribution in [3.63, 3.8) is 0 Å². The number of benzene rings is 1. The van der Waals surface area contributed by atoms with Crippen LogP contribution < -0.4 is 10.0 Å². The van der Waals surface area contributed by atoms with E-state index < -0.39 is 34.5 Å². The van der Waals surface area contributed by atoms with Gasteiger partial charge in [-0.25, -0.2) is 22.7 Å². The van der Waals surface area contributed by atoms with Crippen LogP contribution in [0.2, 0.25) is 5.02 Å². The van der Waals surface area contributed by atoms with Gasteiger partial charge in [0.05, 0.1) is 28.3 Å². The van der Waals surface area contributed by atoms with E-state index in [0.717, 1.165) is 17.4 Å². The lowest BCUT2D eigenvalue weighted by Crippen LogP contribution is -2.22. The number of ether oxygens (including phenoxy) is 2. The second-order valence-electron chi connectivity index (χ2n) is 5.13. The molecule has 0 radical (unpaired) electrons. The predicted molar refractivity (Wildman–Crippen MR) is 102 cm³/mol. The normalized spacial score (nSPS) is 11.0. The molecule has 0 unspecified atom stereocenters. The van der Waals surface area contributed by atoms with Gasteiger partial charge >= 0.3 is 11.9 Å². The molecule has 12 heteroatoms. The lowest BCUT2D eigenvalue weighted by atomic mass is 10.2. The van der Waals surface area contributed by atoms with Crippen LogP contribution in [-0.4, -0.2) is 47.0 Å². The van der Waals surface area contributed by atoms with Crippen molar-refractivity contribution in [2.24, 2.45) is 0 Å². The van der Waals surface area contributed by atoms with Crippen LogP contribution in [0.3, 0.4) is 0 Å². The average molecular weight is 447 g/mol. The molecule has 150 valence electrons. The first kappa shape index (κ1) is 21.8. The summed E-state index contributed by atoms with van der Waals surface area (Å²) in [5.41, 5.74) is 0.00890. The Morgan fingerprint density at radius 2 is 1.89 bits per heavy atom. The highest BCUT2D eigenvalue weighted by molar-refractivity contribution is 7.89. The molecule has 1 aromatic carbocycles. The molecule has 0 spiro atoms. The number of hydrogen-bond donors (Lipinski definition) is 2. The van der Waals surface area contributed by atoms with Crippen molar-refractivity contribution in [1.29, 1.82) is 0 Å². The summed E-state index contributed by atoms with van der Waals surface area (Å²) >= 11 is 7.00. The van der Waals surface area contributed by atoms with E-state index in [9.17, 15) is 22.8 Å². The zero-order chi connectivity index (χ0) is 20.9. The van der Waals surface area contributed by atoms with Crippen LogP contribution in [0.25, 0.3) is 0 Å². The van der Waals surface area contributed by atoms with E-state index in [2.05, 4.69) is 14.8 Å². The Labute approximate surface area is 169 Å². The fourth-order valence-electron chi connectivity index (χ4n) is 2.00. The molecule has 2 aromatic rings. The van der Waals surface area contributed by atoms with Gasteiger partial charge in [-0.1, -0.05) is 11.6 Å². The summed E-state index contributed by atoms with van der Waals surface area (Å²) in [6.45, 7) is -0.672. The highest BCUT2D eigenvalue weighted by atomic mass is 35.5. The summed E-state index contributed by atoms with van der Waals surface area (Å²) in [6.07, 6.45) is 0. The van der Waals surface area contributed by atoms with Gasteiger partial charge in [0.1, 0.15) is 4.88 Å². The van der Waals surface area contributed by atoms with E-state index in [4.69, 9.17) is 16.3 Å². The van der Waals surface area contributed by atoms with Crippen LogP contribution in [0, 0.1) is 0 Å². The smallest absolute Gasteiger partial charge is 0.350 e. The SMILES string of the molecule is CNS(=O)(=O)c1ccc(Cl)c(C(=O)OCC(=O)Nc2ccsc2C(=O)OC)c1. The summed E-state index contributed by atoms with van der Waals surface area (Å²) in [4.78, 5) is 35.8. The van der Waals surface area contributed by atoms with E-state index in [1.54, 1.807) is 5.38 Å². The van der Waals surface area contributed by atoms with Gasteiger partial charge in [-0.2, -0.15) is 0 Å². The molecule has 0 atom stereocenters. The molecule has 2 N–H and O–H groups in total. The first-order valence-electron chi connectivity index (χ1n) is 7.55. The lowest BCUT2D eigenvalue weighted by Gasteiger charge is -2.09. The fraction of sp³-hybridized carbons (Fsp3) is 0.188. The number of sulfonamides is 1. The third-order valence-corrected chi connectivity index (χ3v) is 6.02. The highest BCUT2D eigenvalue weighted by Crippen LogP contribution is 2.23. The number of carbonyl (C=O) groups excluding carboxylic acids is 3. The van der Waals surface area contributed by atoms with Gasteiger partial charge in [-0.3, -0.25) is 4.79 Å². The summed E-state index contributed by atoms with van der Waals surface area (Å²) < 4.78 is 35.3. The molecule has 0 bridgehead atoms. The van der Waals surface area contributed by atoms with Crippen molar-refractivity contribution >= 4 is 56.5 Å². The fourth-order valence-corrected chi connectivity index (χ4v) is 3.72. The summed E-state index contributed by atoms with van der Waals surface area (Å²) in [7, 11) is -1.36. The van der Waals surface area contributed by atoms with Gasteiger partial charge in [0.25, 0.3) is 5.91 Å². The zero-order valence-corrected chi connectivity index (χ0v) is 17.0. The Balaban J connectivity index is 2.06. The molecule has 9 nitrogen and oxygen atoms in total. The summed E-state index contributed by atoms with van der Waals surface area (Å²) in [6, 6.07) is 5.00. The number of esters is 2. The van der Waals surface area contributed by atoms with Crippen LogP contribution >= 0.6 is 22.9 Å². The monoisotopic (exact) mass is 446 g/mol. The number of halogens is 1. The lowest BCUT2D eigenvalue weighted by molar-refractivity contribution is -0.119. The van der Waals surface area contributed by atoms with Crippen LogP contribution in [0.1, 0.15) is 20.0 Å². The predicted octanol–water partition coefficient (Wildman–Crippen LogP) is 1.89. The third kappa shape index (κ3) is 5.07. The van der Waals surface area contributed by atoms with E-state index in [0.29, 0.717) is 0 Å².